The van der Waals surface area contributed by atoms with Gasteiger partial charge < -0.3 is 5.32 Å². The van der Waals surface area contributed by atoms with Gasteiger partial charge in [0.1, 0.15) is 0 Å². The lowest BCUT2D eigenvalue weighted by Crippen LogP contribution is -2.25. The maximum atomic E-state index is 4.86. The number of amidine groups is 1. The molecule has 98 valence electrons. The smallest absolute Gasteiger partial charge is 0.161 e. The van der Waals surface area contributed by atoms with Gasteiger partial charge in [-0.2, -0.15) is 5.10 Å². The molecule has 1 aromatic rings. The molecule has 0 radical (unpaired) electrons. The molecule has 2 heterocycles. The molecule has 5 heteroatoms. The zero-order valence-electron chi connectivity index (χ0n) is 11.0. The van der Waals surface area contributed by atoms with Crippen molar-refractivity contribution in [2.45, 2.75) is 38.6 Å². The van der Waals surface area contributed by atoms with Crippen LogP contribution < -0.4 is 5.32 Å². The predicted molar refractivity (Wildman–Crippen MR) is 77.2 cm³/mol. The van der Waals surface area contributed by atoms with Crippen molar-refractivity contribution in [1.29, 1.82) is 0 Å². The van der Waals surface area contributed by atoms with E-state index in [1.807, 2.05) is 29.7 Å². The standard InChI is InChI=1S/C13H20N4S/c1-3-10-12(7-17(2)16-10)15-13-14-11-6-4-5-9(11)8-18-13/h7,9,11H,3-6,8H2,1-2H3,(H,14,15). The van der Waals surface area contributed by atoms with Gasteiger partial charge in [-0.05, 0) is 25.2 Å². The third-order valence-corrected chi connectivity index (χ3v) is 4.89. The van der Waals surface area contributed by atoms with E-state index in [9.17, 15) is 0 Å². The first-order valence-corrected chi connectivity index (χ1v) is 7.75. The van der Waals surface area contributed by atoms with Crippen LogP contribution in [0.1, 0.15) is 31.9 Å². The van der Waals surface area contributed by atoms with E-state index >= 15 is 0 Å². The first-order valence-electron chi connectivity index (χ1n) is 6.76. The highest BCUT2D eigenvalue weighted by molar-refractivity contribution is 8.14. The van der Waals surface area contributed by atoms with E-state index in [1.54, 1.807) is 0 Å². The zero-order valence-corrected chi connectivity index (χ0v) is 11.8. The first kappa shape index (κ1) is 12.1. The Morgan fingerprint density at radius 2 is 2.39 bits per heavy atom. The number of hydrogen-bond donors (Lipinski definition) is 1. The fourth-order valence-corrected chi connectivity index (χ4v) is 3.99. The highest BCUT2D eigenvalue weighted by Crippen LogP contribution is 2.35. The van der Waals surface area contributed by atoms with Crippen LogP contribution in [0.2, 0.25) is 0 Å². The minimum absolute atomic E-state index is 0.565. The maximum absolute atomic E-state index is 4.86. The highest BCUT2D eigenvalue weighted by Gasteiger charge is 2.31. The largest absolute Gasteiger partial charge is 0.332 e. The van der Waals surface area contributed by atoms with E-state index in [4.69, 9.17) is 4.99 Å². The molecule has 18 heavy (non-hydrogen) atoms. The van der Waals surface area contributed by atoms with Gasteiger partial charge >= 0.3 is 0 Å². The van der Waals surface area contributed by atoms with Crippen molar-refractivity contribution in [3.8, 4) is 0 Å². The number of fused-ring (bicyclic) bond motifs is 1. The summed E-state index contributed by atoms with van der Waals surface area (Å²) in [5.41, 5.74) is 2.23. The molecule has 1 saturated carbocycles. The number of hydrogen-bond acceptors (Lipinski definition) is 4. The molecule has 2 atom stereocenters. The molecule has 0 saturated heterocycles. The Balaban J connectivity index is 1.76. The minimum Gasteiger partial charge on any atom is -0.332 e. The topological polar surface area (TPSA) is 42.2 Å². The van der Waals surface area contributed by atoms with Crippen LogP contribution in [0.15, 0.2) is 11.2 Å². The molecular weight excluding hydrogens is 244 g/mol. The Morgan fingerprint density at radius 3 is 3.22 bits per heavy atom. The fourth-order valence-electron chi connectivity index (χ4n) is 2.84. The first-order chi connectivity index (χ1) is 8.76. The second kappa shape index (κ2) is 4.96. The van der Waals surface area contributed by atoms with Gasteiger partial charge in [-0.1, -0.05) is 25.1 Å². The Hall–Kier alpha value is -0.970. The molecular formula is C13H20N4S. The van der Waals surface area contributed by atoms with Gasteiger partial charge in [0.25, 0.3) is 0 Å². The maximum Gasteiger partial charge on any atom is 0.161 e. The van der Waals surface area contributed by atoms with Crippen LogP contribution in [-0.4, -0.2) is 26.7 Å². The lowest BCUT2D eigenvalue weighted by molar-refractivity contribution is 0.535. The van der Waals surface area contributed by atoms with Crippen LogP contribution in [-0.2, 0) is 13.5 Å². The number of nitrogens with one attached hydrogen (secondary N) is 1. The normalized spacial score (nSPS) is 26.9. The van der Waals surface area contributed by atoms with Crippen LogP contribution in [0.5, 0.6) is 0 Å². The number of aliphatic imine (C=N–C) groups is 1. The van der Waals surface area contributed by atoms with Crippen molar-refractivity contribution >= 4 is 22.6 Å². The summed E-state index contributed by atoms with van der Waals surface area (Å²) in [6.07, 6.45) is 6.97. The van der Waals surface area contributed by atoms with Crippen LogP contribution in [0.3, 0.4) is 0 Å². The van der Waals surface area contributed by atoms with E-state index in [0.717, 1.165) is 28.9 Å². The summed E-state index contributed by atoms with van der Waals surface area (Å²) in [6, 6.07) is 0.565. The SMILES string of the molecule is CCc1nn(C)cc1NC1=NC2CCCC2CS1. The predicted octanol–water partition coefficient (Wildman–Crippen LogP) is 2.67. The van der Waals surface area contributed by atoms with E-state index in [-0.39, 0.29) is 0 Å². The molecule has 0 aromatic carbocycles. The summed E-state index contributed by atoms with van der Waals surface area (Å²) >= 11 is 1.86. The molecule has 2 unspecified atom stereocenters. The second-order valence-electron chi connectivity index (χ2n) is 5.15. The van der Waals surface area contributed by atoms with E-state index < -0.39 is 0 Å². The third kappa shape index (κ3) is 2.28. The van der Waals surface area contributed by atoms with Crippen LogP contribution in [0.25, 0.3) is 0 Å². The Bertz CT molecular complexity index is 466. The average Bonchev–Trinajstić information content (AvgIpc) is 2.95. The van der Waals surface area contributed by atoms with Gasteiger partial charge in [0.2, 0.25) is 0 Å². The summed E-state index contributed by atoms with van der Waals surface area (Å²) in [4.78, 5) is 4.86. The number of thioether (sulfide) groups is 1. The molecule has 0 amide bonds. The molecule has 1 aromatic heterocycles. The van der Waals surface area contributed by atoms with Crippen molar-refractivity contribution in [3.63, 3.8) is 0 Å². The van der Waals surface area contributed by atoms with Crippen molar-refractivity contribution < 1.29 is 0 Å². The molecule has 0 bridgehead atoms. The number of aromatic nitrogens is 2. The summed E-state index contributed by atoms with van der Waals surface area (Å²) in [6.45, 7) is 2.14. The lowest BCUT2D eigenvalue weighted by Gasteiger charge is -2.23. The Kier molecular flexibility index (Phi) is 3.33. The zero-order chi connectivity index (χ0) is 12.5. The molecule has 3 rings (SSSR count). The van der Waals surface area contributed by atoms with Gasteiger partial charge in [-0.3, -0.25) is 9.67 Å². The lowest BCUT2D eigenvalue weighted by atomic mass is 10.1. The molecule has 4 nitrogen and oxygen atoms in total. The Morgan fingerprint density at radius 1 is 1.50 bits per heavy atom. The number of rotatable bonds is 2. The van der Waals surface area contributed by atoms with Gasteiger partial charge in [-0.25, -0.2) is 0 Å². The van der Waals surface area contributed by atoms with Crippen molar-refractivity contribution in [2.24, 2.45) is 18.0 Å². The van der Waals surface area contributed by atoms with Gasteiger partial charge in [0, 0.05) is 19.0 Å². The number of aryl methyl sites for hydroxylation is 2. The summed E-state index contributed by atoms with van der Waals surface area (Å²) < 4.78 is 1.87. The summed E-state index contributed by atoms with van der Waals surface area (Å²) in [5, 5.41) is 9.00. The second-order valence-corrected chi connectivity index (χ2v) is 6.15. The van der Waals surface area contributed by atoms with Crippen molar-refractivity contribution in [1.82, 2.24) is 9.78 Å². The summed E-state index contributed by atoms with van der Waals surface area (Å²) in [5.74, 6) is 2.04. The molecule has 1 fully saturated rings. The van der Waals surface area contributed by atoms with E-state index in [1.165, 1.54) is 25.0 Å². The molecule has 2 aliphatic rings. The van der Waals surface area contributed by atoms with Crippen LogP contribution >= 0.6 is 11.8 Å². The highest BCUT2D eigenvalue weighted by atomic mass is 32.2. The molecule has 1 aliphatic heterocycles. The van der Waals surface area contributed by atoms with Gasteiger partial charge in [-0.15, -0.1) is 0 Å². The molecule has 0 spiro atoms. The van der Waals surface area contributed by atoms with Gasteiger partial charge in [0.15, 0.2) is 5.17 Å². The van der Waals surface area contributed by atoms with Crippen LogP contribution in [0.4, 0.5) is 5.69 Å². The molecule has 1 aliphatic carbocycles. The Labute approximate surface area is 112 Å². The van der Waals surface area contributed by atoms with Crippen LogP contribution in [0, 0.1) is 5.92 Å². The van der Waals surface area contributed by atoms with Gasteiger partial charge in [0.05, 0.1) is 17.4 Å². The third-order valence-electron chi connectivity index (χ3n) is 3.82. The fraction of sp³-hybridized carbons (Fsp3) is 0.692. The quantitative estimate of drug-likeness (QED) is 0.893. The number of nitrogens with zero attached hydrogens (tertiary/aromatic N) is 3. The van der Waals surface area contributed by atoms with E-state index in [2.05, 4.69) is 17.3 Å². The minimum atomic E-state index is 0.565. The molecule has 1 N–H and O–H groups in total. The van der Waals surface area contributed by atoms with E-state index in [0.29, 0.717) is 6.04 Å². The van der Waals surface area contributed by atoms with Crippen molar-refractivity contribution in [2.75, 3.05) is 11.1 Å². The van der Waals surface area contributed by atoms with Crippen molar-refractivity contribution in [3.05, 3.63) is 11.9 Å². The number of anilines is 1. The average molecular weight is 264 g/mol. The monoisotopic (exact) mass is 264 g/mol. The summed E-state index contributed by atoms with van der Waals surface area (Å²) in [7, 11) is 1.97.